The quantitative estimate of drug-likeness (QED) is 0.458. The van der Waals surface area contributed by atoms with E-state index >= 15 is 0 Å². The molecule has 5 nitrogen and oxygen atoms in total. The van der Waals surface area contributed by atoms with Gasteiger partial charge in [0.15, 0.2) is 0 Å². The van der Waals surface area contributed by atoms with Crippen LogP contribution in [0, 0.1) is 0 Å². The molecule has 0 saturated heterocycles. The molecule has 2 heterocycles. The first-order valence-corrected chi connectivity index (χ1v) is 8.68. The fraction of sp³-hybridized carbons (Fsp3) is 0. The average Bonchev–Trinajstić information content (AvgIpc) is 2.98. The number of hydrogen-bond acceptors (Lipinski definition) is 4. The molecular formula is C20H12Cl2N2O3. The third kappa shape index (κ3) is 3.01. The van der Waals surface area contributed by atoms with E-state index in [1.807, 2.05) is 30.3 Å². The fourth-order valence-electron chi connectivity index (χ4n) is 2.91. The largest absolute Gasteiger partial charge is 0.475 e. The second-order valence-corrected chi connectivity index (χ2v) is 6.72. The number of fused-ring (bicyclic) bond motifs is 1. The van der Waals surface area contributed by atoms with Crippen LogP contribution in [0.2, 0.25) is 10.0 Å². The van der Waals surface area contributed by atoms with Crippen LogP contribution in [-0.4, -0.2) is 16.1 Å². The van der Waals surface area contributed by atoms with Crippen LogP contribution in [0.3, 0.4) is 0 Å². The molecule has 0 spiro atoms. The summed E-state index contributed by atoms with van der Waals surface area (Å²) in [6.45, 7) is 0. The predicted molar refractivity (Wildman–Crippen MR) is 106 cm³/mol. The van der Waals surface area contributed by atoms with Gasteiger partial charge in [0, 0.05) is 21.2 Å². The van der Waals surface area contributed by atoms with Gasteiger partial charge in [0.05, 0.1) is 16.8 Å². The van der Waals surface area contributed by atoms with E-state index in [-0.39, 0.29) is 17.2 Å². The number of aromatic nitrogens is 1. The number of nitrogens with zero attached hydrogens (tertiary/aromatic N) is 1. The van der Waals surface area contributed by atoms with E-state index in [2.05, 4.69) is 4.98 Å². The summed E-state index contributed by atoms with van der Waals surface area (Å²) in [6.07, 6.45) is 0. The Balaban J connectivity index is 2.07. The highest BCUT2D eigenvalue weighted by molar-refractivity contribution is 6.33. The molecule has 4 aromatic rings. The predicted octanol–water partition coefficient (Wildman–Crippen LogP) is 5.75. The number of nitrogen functional groups attached to an aromatic ring is 1. The van der Waals surface area contributed by atoms with Gasteiger partial charge in [-0.05, 0) is 29.8 Å². The van der Waals surface area contributed by atoms with Gasteiger partial charge in [0.2, 0.25) is 11.5 Å². The summed E-state index contributed by atoms with van der Waals surface area (Å²) in [4.78, 5) is 15.9. The smallest absolute Gasteiger partial charge is 0.374 e. The number of carbonyl (C=O) groups is 1. The Bertz CT molecular complexity index is 1180. The van der Waals surface area contributed by atoms with E-state index in [1.54, 1.807) is 24.3 Å². The molecular weight excluding hydrogens is 387 g/mol. The molecule has 134 valence electrons. The van der Waals surface area contributed by atoms with Crippen molar-refractivity contribution >= 4 is 46.0 Å². The minimum atomic E-state index is -1.25. The van der Waals surface area contributed by atoms with E-state index in [1.165, 1.54) is 0 Å². The maximum Gasteiger partial charge on any atom is 0.374 e. The lowest BCUT2D eigenvalue weighted by Gasteiger charge is -2.11. The molecule has 0 bridgehead atoms. The highest BCUT2D eigenvalue weighted by Crippen LogP contribution is 2.39. The maximum atomic E-state index is 11.4. The summed E-state index contributed by atoms with van der Waals surface area (Å²) in [6, 6.07) is 16.2. The van der Waals surface area contributed by atoms with Gasteiger partial charge in [-0.1, -0.05) is 53.5 Å². The number of rotatable bonds is 3. The topological polar surface area (TPSA) is 89.4 Å². The van der Waals surface area contributed by atoms with Crippen molar-refractivity contribution in [2.24, 2.45) is 0 Å². The Morgan fingerprint density at radius 1 is 1.04 bits per heavy atom. The number of anilines is 1. The number of aromatic carboxylic acids is 1. The van der Waals surface area contributed by atoms with Crippen molar-refractivity contribution in [1.82, 2.24) is 4.98 Å². The molecule has 2 aromatic heterocycles. The Labute approximate surface area is 164 Å². The van der Waals surface area contributed by atoms with Crippen LogP contribution in [0.1, 0.15) is 10.6 Å². The van der Waals surface area contributed by atoms with Crippen LogP contribution in [0.4, 0.5) is 5.69 Å². The Morgan fingerprint density at radius 3 is 2.41 bits per heavy atom. The van der Waals surface area contributed by atoms with E-state index in [0.29, 0.717) is 26.7 Å². The van der Waals surface area contributed by atoms with Gasteiger partial charge in [-0.2, -0.15) is 0 Å². The maximum absolute atomic E-state index is 11.4. The van der Waals surface area contributed by atoms with Gasteiger partial charge in [-0.25, -0.2) is 9.78 Å². The lowest BCUT2D eigenvalue weighted by Crippen LogP contribution is -1.98. The van der Waals surface area contributed by atoms with Gasteiger partial charge in [0.25, 0.3) is 0 Å². The molecule has 4 rings (SSSR count). The number of benzene rings is 2. The van der Waals surface area contributed by atoms with Crippen LogP contribution < -0.4 is 5.73 Å². The molecule has 0 fully saturated rings. The molecule has 0 atom stereocenters. The second kappa shape index (κ2) is 6.61. The molecule has 0 aliphatic rings. The highest BCUT2D eigenvalue weighted by Gasteiger charge is 2.22. The number of halogens is 2. The summed E-state index contributed by atoms with van der Waals surface area (Å²) in [5, 5.41) is 10.8. The third-order valence-corrected chi connectivity index (χ3v) is 4.78. The van der Waals surface area contributed by atoms with Crippen molar-refractivity contribution in [3.8, 4) is 22.4 Å². The highest BCUT2D eigenvalue weighted by atomic mass is 35.5. The molecule has 0 unspecified atom stereocenters. The summed E-state index contributed by atoms with van der Waals surface area (Å²) in [5.41, 5.74) is 8.95. The summed E-state index contributed by atoms with van der Waals surface area (Å²) < 4.78 is 5.37. The van der Waals surface area contributed by atoms with E-state index < -0.39 is 5.97 Å². The number of hydrogen-bond donors (Lipinski definition) is 2. The van der Waals surface area contributed by atoms with Gasteiger partial charge < -0.3 is 15.3 Å². The molecule has 2 aromatic carbocycles. The first-order valence-electron chi connectivity index (χ1n) is 7.93. The number of pyridine rings is 1. The number of nitrogens with two attached hydrogens (primary N) is 1. The van der Waals surface area contributed by atoms with Gasteiger partial charge in [-0.3, -0.25) is 0 Å². The van der Waals surface area contributed by atoms with Crippen LogP contribution >= 0.6 is 23.2 Å². The Kier molecular flexibility index (Phi) is 4.26. The first-order chi connectivity index (χ1) is 13.0. The zero-order chi connectivity index (χ0) is 19.1. The van der Waals surface area contributed by atoms with Crippen LogP contribution in [0.5, 0.6) is 0 Å². The molecule has 0 saturated carbocycles. The Hall–Kier alpha value is -3.02. The summed E-state index contributed by atoms with van der Waals surface area (Å²) >= 11 is 12.4. The van der Waals surface area contributed by atoms with Crippen LogP contribution in [-0.2, 0) is 0 Å². The number of carboxylic acid groups (broad SMARTS) is 1. The SMILES string of the molecule is Nc1c(C(=O)O)oc2nc(-c3ccccc3Cl)c(-c3ccc(Cl)cc3)cc12. The Morgan fingerprint density at radius 2 is 1.74 bits per heavy atom. The van der Waals surface area contributed by atoms with Gasteiger partial charge in [0.1, 0.15) is 0 Å². The lowest BCUT2D eigenvalue weighted by molar-refractivity contribution is 0.0666. The minimum absolute atomic E-state index is 0.0333. The van der Waals surface area contributed by atoms with Crippen molar-refractivity contribution in [2.45, 2.75) is 0 Å². The summed E-state index contributed by atoms with van der Waals surface area (Å²) in [7, 11) is 0. The first kappa shape index (κ1) is 17.4. The van der Waals surface area contributed by atoms with E-state index in [4.69, 9.17) is 33.4 Å². The van der Waals surface area contributed by atoms with Crippen molar-refractivity contribution in [3.63, 3.8) is 0 Å². The zero-order valence-corrected chi connectivity index (χ0v) is 15.3. The second-order valence-electron chi connectivity index (χ2n) is 5.87. The third-order valence-electron chi connectivity index (χ3n) is 4.20. The van der Waals surface area contributed by atoms with Crippen molar-refractivity contribution in [1.29, 1.82) is 0 Å². The normalized spacial score (nSPS) is 11.0. The van der Waals surface area contributed by atoms with Crippen molar-refractivity contribution in [2.75, 3.05) is 5.73 Å². The number of furan rings is 1. The van der Waals surface area contributed by atoms with Gasteiger partial charge in [-0.15, -0.1) is 0 Å². The van der Waals surface area contributed by atoms with Crippen LogP contribution in [0.25, 0.3) is 33.5 Å². The van der Waals surface area contributed by atoms with E-state index in [9.17, 15) is 9.90 Å². The van der Waals surface area contributed by atoms with Gasteiger partial charge >= 0.3 is 5.97 Å². The zero-order valence-electron chi connectivity index (χ0n) is 13.7. The van der Waals surface area contributed by atoms with Crippen molar-refractivity contribution in [3.05, 3.63) is 70.4 Å². The van der Waals surface area contributed by atoms with Crippen LogP contribution in [0.15, 0.2) is 59.0 Å². The molecule has 27 heavy (non-hydrogen) atoms. The molecule has 0 radical (unpaired) electrons. The van der Waals surface area contributed by atoms with E-state index in [0.717, 1.165) is 11.1 Å². The molecule has 0 aliphatic carbocycles. The summed E-state index contributed by atoms with van der Waals surface area (Å²) in [5.74, 6) is -1.59. The standard InChI is InChI=1S/C20H12Cl2N2O3/c21-11-7-5-10(6-8-11)13-9-14-16(23)18(20(25)26)27-19(14)24-17(13)12-3-1-2-4-15(12)22/h1-9H,23H2,(H,25,26). The van der Waals surface area contributed by atoms with Crippen molar-refractivity contribution < 1.29 is 14.3 Å². The molecule has 0 amide bonds. The molecule has 0 aliphatic heterocycles. The monoisotopic (exact) mass is 398 g/mol. The molecule has 7 heteroatoms. The minimum Gasteiger partial charge on any atom is -0.475 e. The number of carboxylic acids is 1. The molecule has 3 N–H and O–H groups in total. The fourth-order valence-corrected chi connectivity index (χ4v) is 3.26. The average molecular weight is 399 g/mol. The lowest BCUT2D eigenvalue weighted by atomic mass is 9.98.